The molecule has 0 aliphatic carbocycles. The molecule has 0 aliphatic heterocycles. The van der Waals surface area contributed by atoms with Crippen molar-refractivity contribution in [2.24, 2.45) is 0 Å². The van der Waals surface area contributed by atoms with Gasteiger partial charge in [-0.1, -0.05) is 17.7 Å². The standard InChI is InChI=1S/C19H17ClN4O2/c1-26-18-7-5-14(9-16(18)20)24-19(25)17-6-4-15(12-23-17)22-11-13-3-2-8-21-10-13/h2-10,12,22H,11H2,1H3,(H,24,25). The number of benzene rings is 1. The van der Waals surface area contributed by atoms with Crippen LogP contribution >= 0.6 is 11.6 Å². The monoisotopic (exact) mass is 368 g/mol. The number of nitrogens with zero attached hydrogens (tertiary/aromatic N) is 2. The van der Waals surface area contributed by atoms with Gasteiger partial charge in [-0.2, -0.15) is 0 Å². The lowest BCUT2D eigenvalue weighted by Gasteiger charge is -2.09. The first kappa shape index (κ1) is 17.7. The van der Waals surface area contributed by atoms with Crippen LogP contribution in [0.1, 0.15) is 16.1 Å². The van der Waals surface area contributed by atoms with Gasteiger partial charge in [0.25, 0.3) is 5.91 Å². The van der Waals surface area contributed by atoms with Crippen LogP contribution in [0.2, 0.25) is 5.02 Å². The average Bonchev–Trinajstić information content (AvgIpc) is 2.68. The van der Waals surface area contributed by atoms with Gasteiger partial charge in [0, 0.05) is 24.6 Å². The van der Waals surface area contributed by atoms with Crippen LogP contribution in [0.4, 0.5) is 11.4 Å². The normalized spacial score (nSPS) is 10.2. The molecule has 0 bridgehead atoms. The van der Waals surface area contributed by atoms with Crippen LogP contribution < -0.4 is 15.4 Å². The minimum atomic E-state index is -0.315. The number of anilines is 2. The molecule has 132 valence electrons. The first-order valence-corrected chi connectivity index (χ1v) is 8.27. The Kier molecular flexibility index (Phi) is 5.66. The van der Waals surface area contributed by atoms with Crippen molar-refractivity contribution < 1.29 is 9.53 Å². The lowest BCUT2D eigenvalue weighted by atomic mass is 10.2. The van der Waals surface area contributed by atoms with Crippen molar-refractivity contribution in [1.29, 1.82) is 0 Å². The molecular formula is C19H17ClN4O2. The summed E-state index contributed by atoms with van der Waals surface area (Å²) in [5.41, 5.74) is 2.76. The van der Waals surface area contributed by atoms with E-state index in [1.165, 1.54) is 7.11 Å². The maximum absolute atomic E-state index is 12.3. The van der Waals surface area contributed by atoms with E-state index in [4.69, 9.17) is 16.3 Å². The van der Waals surface area contributed by atoms with E-state index < -0.39 is 0 Å². The van der Waals surface area contributed by atoms with Crippen molar-refractivity contribution in [1.82, 2.24) is 9.97 Å². The number of ether oxygens (including phenoxy) is 1. The Balaban J connectivity index is 1.60. The van der Waals surface area contributed by atoms with Gasteiger partial charge < -0.3 is 15.4 Å². The predicted octanol–water partition coefficient (Wildman–Crippen LogP) is 4.00. The molecule has 3 aromatic rings. The van der Waals surface area contributed by atoms with E-state index >= 15 is 0 Å². The Bertz CT molecular complexity index is 886. The van der Waals surface area contributed by atoms with Crippen LogP contribution in [0, 0.1) is 0 Å². The van der Waals surface area contributed by atoms with Crippen LogP contribution in [0.25, 0.3) is 0 Å². The number of hydrogen-bond donors (Lipinski definition) is 2. The van der Waals surface area contributed by atoms with Gasteiger partial charge >= 0.3 is 0 Å². The van der Waals surface area contributed by atoms with Crippen LogP contribution in [-0.2, 0) is 6.54 Å². The summed E-state index contributed by atoms with van der Waals surface area (Å²) in [5, 5.41) is 6.41. The molecular weight excluding hydrogens is 352 g/mol. The molecule has 0 saturated heterocycles. The molecule has 0 saturated carbocycles. The zero-order valence-electron chi connectivity index (χ0n) is 14.1. The maximum Gasteiger partial charge on any atom is 0.274 e. The molecule has 0 spiro atoms. The van der Waals surface area contributed by atoms with Gasteiger partial charge in [0.1, 0.15) is 11.4 Å². The van der Waals surface area contributed by atoms with E-state index in [-0.39, 0.29) is 5.91 Å². The molecule has 3 rings (SSSR count). The van der Waals surface area contributed by atoms with E-state index in [0.717, 1.165) is 11.3 Å². The number of amides is 1. The largest absolute Gasteiger partial charge is 0.495 e. The van der Waals surface area contributed by atoms with Gasteiger partial charge in [0.05, 0.1) is 24.0 Å². The smallest absolute Gasteiger partial charge is 0.274 e. The third-order valence-electron chi connectivity index (χ3n) is 3.63. The first-order chi connectivity index (χ1) is 12.7. The second kappa shape index (κ2) is 8.31. The van der Waals surface area contributed by atoms with Crippen molar-refractivity contribution in [3.05, 3.63) is 77.3 Å². The molecule has 0 aliphatic rings. The highest BCUT2D eigenvalue weighted by molar-refractivity contribution is 6.32. The number of hydrogen-bond acceptors (Lipinski definition) is 5. The van der Waals surface area contributed by atoms with Crippen LogP contribution in [0.15, 0.2) is 61.1 Å². The van der Waals surface area contributed by atoms with E-state index in [1.54, 1.807) is 48.9 Å². The van der Waals surface area contributed by atoms with Crippen molar-refractivity contribution in [2.45, 2.75) is 6.54 Å². The summed E-state index contributed by atoms with van der Waals surface area (Å²) in [6.45, 7) is 0.630. The Hall–Kier alpha value is -3.12. The number of pyridine rings is 2. The Morgan fingerprint density at radius 3 is 2.65 bits per heavy atom. The molecule has 2 aromatic heterocycles. The molecule has 0 unspecified atom stereocenters. The first-order valence-electron chi connectivity index (χ1n) is 7.89. The average molecular weight is 369 g/mol. The summed E-state index contributed by atoms with van der Waals surface area (Å²) in [4.78, 5) is 20.6. The van der Waals surface area contributed by atoms with E-state index in [0.29, 0.717) is 28.7 Å². The molecule has 0 atom stereocenters. The van der Waals surface area contributed by atoms with Gasteiger partial charge in [0.2, 0.25) is 0 Å². The fourth-order valence-electron chi connectivity index (χ4n) is 2.28. The van der Waals surface area contributed by atoms with Crippen molar-refractivity contribution in [2.75, 3.05) is 17.7 Å². The lowest BCUT2D eigenvalue weighted by molar-refractivity contribution is 0.102. The van der Waals surface area contributed by atoms with E-state index in [9.17, 15) is 4.79 Å². The molecule has 0 radical (unpaired) electrons. The quantitative estimate of drug-likeness (QED) is 0.687. The molecule has 2 N–H and O–H groups in total. The van der Waals surface area contributed by atoms with E-state index in [2.05, 4.69) is 20.6 Å². The highest BCUT2D eigenvalue weighted by atomic mass is 35.5. The number of carbonyl (C=O) groups excluding carboxylic acids is 1. The zero-order chi connectivity index (χ0) is 18.4. The van der Waals surface area contributed by atoms with Gasteiger partial charge in [-0.15, -0.1) is 0 Å². The number of aromatic nitrogens is 2. The number of halogens is 1. The second-order valence-electron chi connectivity index (χ2n) is 5.45. The summed E-state index contributed by atoms with van der Waals surface area (Å²) in [7, 11) is 1.54. The third kappa shape index (κ3) is 4.49. The molecule has 0 fully saturated rings. The van der Waals surface area contributed by atoms with Gasteiger partial charge in [-0.05, 0) is 42.0 Å². The minimum Gasteiger partial charge on any atom is -0.495 e. The molecule has 26 heavy (non-hydrogen) atoms. The highest BCUT2D eigenvalue weighted by Gasteiger charge is 2.09. The van der Waals surface area contributed by atoms with Crippen LogP contribution in [-0.4, -0.2) is 23.0 Å². The highest BCUT2D eigenvalue weighted by Crippen LogP contribution is 2.27. The zero-order valence-corrected chi connectivity index (χ0v) is 14.8. The maximum atomic E-state index is 12.3. The topological polar surface area (TPSA) is 76.1 Å². The van der Waals surface area contributed by atoms with Crippen LogP contribution in [0.3, 0.4) is 0 Å². The third-order valence-corrected chi connectivity index (χ3v) is 3.92. The fourth-order valence-corrected chi connectivity index (χ4v) is 2.54. The molecule has 2 heterocycles. The second-order valence-corrected chi connectivity index (χ2v) is 5.86. The Labute approximate surface area is 156 Å². The summed E-state index contributed by atoms with van der Waals surface area (Å²) >= 11 is 6.06. The number of rotatable bonds is 6. The lowest BCUT2D eigenvalue weighted by Crippen LogP contribution is -2.13. The van der Waals surface area contributed by atoms with Gasteiger partial charge in [0.15, 0.2) is 0 Å². The predicted molar refractivity (Wildman–Crippen MR) is 102 cm³/mol. The molecule has 7 heteroatoms. The number of nitrogens with one attached hydrogen (secondary N) is 2. The Morgan fingerprint density at radius 2 is 2.00 bits per heavy atom. The van der Waals surface area contributed by atoms with Crippen molar-refractivity contribution in [3.8, 4) is 5.75 Å². The fraction of sp³-hybridized carbons (Fsp3) is 0.105. The van der Waals surface area contributed by atoms with Gasteiger partial charge in [-0.25, -0.2) is 4.98 Å². The molecule has 6 nitrogen and oxygen atoms in total. The van der Waals surface area contributed by atoms with Crippen molar-refractivity contribution in [3.63, 3.8) is 0 Å². The SMILES string of the molecule is COc1ccc(NC(=O)c2ccc(NCc3cccnc3)cn2)cc1Cl. The van der Waals surface area contributed by atoms with Crippen molar-refractivity contribution >= 4 is 28.9 Å². The summed E-state index contributed by atoms with van der Waals surface area (Å²) in [6.07, 6.45) is 5.14. The number of carbonyl (C=O) groups is 1. The summed E-state index contributed by atoms with van der Waals surface area (Å²) in [6, 6.07) is 12.4. The van der Waals surface area contributed by atoms with Gasteiger partial charge in [-0.3, -0.25) is 9.78 Å². The minimum absolute atomic E-state index is 0.309. The summed E-state index contributed by atoms with van der Waals surface area (Å²) in [5.74, 6) is 0.233. The van der Waals surface area contributed by atoms with E-state index in [1.807, 2.05) is 12.1 Å². The molecule has 1 aromatic carbocycles. The Morgan fingerprint density at radius 1 is 1.15 bits per heavy atom. The van der Waals surface area contributed by atoms with Crippen LogP contribution in [0.5, 0.6) is 5.75 Å². The molecule has 1 amide bonds. The summed E-state index contributed by atoms with van der Waals surface area (Å²) < 4.78 is 5.09. The number of methoxy groups -OCH3 is 1.